The quantitative estimate of drug-likeness (QED) is 0.841. The van der Waals surface area contributed by atoms with Gasteiger partial charge in [-0.1, -0.05) is 12.1 Å². The molecule has 0 aromatic heterocycles. The molecule has 1 heterocycles. The fourth-order valence-corrected chi connectivity index (χ4v) is 2.41. The van der Waals surface area contributed by atoms with Crippen LogP contribution in [0.15, 0.2) is 24.3 Å². The predicted octanol–water partition coefficient (Wildman–Crippen LogP) is 1.81. The van der Waals surface area contributed by atoms with Crippen molar-refractivity contribution in [1.29, 1.82) is 0 Å². The topological polar surface area (TPSA) is 41.5 Å². The van der Waals surface area contributed by atoms with E-state index in [9.17, 15) is 9.50 Å². The summed E-state index contributed by atoms with van der Waals surface area (Å²) in [5.41, 5.74) is 0. The summed E-state index contributed by atoms with van der Waals surface area (Å²) in [5.74, 6) is 0.471. The maximum absolute atomic E-state index is 13.4. The predicted molar refractivity (Wildman–Crippen MR) is 68.1 cm³/mol. The van der Waals surface area contributed by atoms with Crippen LogP contribution in [-0.4, -0.2) is 31.4 Å². The average molecular weight is 253 g/mol. The summed E-state index contributed by atoms with van der Waals surface area (Å²) in [7, 11) is 0. The number of piperidine rings is 1. The number of nitrogens with one attached hydrogen (secondary N) is 1. The van der Waals surface area contributed by atoms with E-state index in [1.54, 1.807) is 18.2 Å². The zero-order valence-electron chi connectivity index (χ0n) is 10.4. The van der Waals surface area contributed by atoms with E-state index in [-0.39, 0.29) is 24.1 Å². The van der Waals surface area contributed by atoms with Crippen LogP contribution in [0.2, 0.25) is 0 Å². The molecule has 3 nitrogen and oxygen atoms in total. The molecule has 1 aromatic carbocycles. The third-order valence-electron chi connectivity index (χ3n) is 3.57. The molecule has 100 valence electrons. The summed E-state index contributed by atoms with van der Waals surface area (Å²) in [6.45, 7) is 2.45. The van der Waals surface area contributed by atoms with Crippen molar-refractivity contribution in [3.8, 4) is 5.75 Å². The SMILES string of the molecule is OCC(COc1ccccc1F)C1CCNCC1. The Morgan fingerprint density at radius 1 is 1.33 bits per heavy atom. The lowest BCUT2D eigenvalue weighted by molar-refractivity contribution is 0.0998. The zero-order valence-corrected chi connectivity index (χ0v) is 10.4. The van der Waals surface area contributed by atoms with E-state index in [1.807, 2.05) is 0 Å². The van der Waals surface area contributed by atoms with Gasteiger partial charge in [0.2, 0.25) is 0 Å². The van der Waals surface area contributed by atoms with E-state index in [0.717, 1.165) is 25.9 Å². The van der Waals surface area contributed by atoms with Crippen molar-refractivity contribution in [2.45, 2.75) is 12.8 Å². The fraction of sp³-hybridized carbons (Fsp3) is 0.571. The van der Waals surface area contributed by atoms with Crippen LogP contribution in [0.4, 0.5) is 4.39 Å². The standard InChI is InChI=1S/C14H20FNO2/c15-13-3-1-2-4-14(13)18-10-12(9-17)11-5-7-16-8-6-11/h1-4,11-12,16-17H,5-10H2. The molecule has 2 rings (SSSR count). The summed E-state index contributed by atoms with van der Waals surface area (Å²) in [6.07, 6.45) is 2.09. The molecule has 2 N–H and O–H groups in total. The number of para-hydroxylation sites is 1. The van der Waals surface area contributed by atoms with Gasteiger partial charge in [0, 0.05) is 12.5 Å². The van der Waals surface area contributed by atoms with Gasteiger partial charge in [-0.15, -0.1) is 0 Å². The second-order valence-corrected chi connectivity index (χ2v) is 4.77. The van der Waals surface area contributed by atoms with Gasteiger partial charge >= 0.3 is 0 Å². The van der Waals surface area contributed by atoms with Crippen LogP contribution < -0.4 is 10.1 Å². The second-order valence-electron chi connectivity index (χ2n) is 4.77. The number of hydrogen-bond donors (Lipinski definition) is 2. The minimum atomic E-state index is -0.348. The highest BCUT2D eigenvalue weighted by Gasteiger charge is 2.23. The zero-order chi connectivity index (χ0) is 12.8. The molecule has 0 spiro atoms. The summed E-state index contributed by atoms with van der Waals surface area (Å²) >= 11 is 0. The molecule has 0 bridgehead atoms. The summed E-state index contributed by atoms with van der Waals surface area (Å²) in [4.78, 5) is 0. The lowest BCUT2D eigenvalue weighted by atomic mass is 9.86. The molecule has 1 aliphatic rings. The smallest absolute Gasteiger partial charge is 0.165 e. The first kappa shape index (κ1) is 13.3. The maximum Gasteiger partial charge on any atom is 0.165 e. The van der Waals surface area contributed by atoms with Crippen molar-refractivity contribution >= 4 is 0 Å². The minimum absolute atomic E-state index is 0.0895. The van der Waals surface area contributed by atoms with E-state index in [4.69, 9.17) is 4.74 Å². The van der Waals surface area contributed by atoms with Crippen molar-refractivity contribution < 1.29 is 14.2 Å². The second kappa shape index (κ2) is 6.71. The van der Waals surface area contributed by atoms with Gasteiger partial charge in [-0.3, -0.25) is 0 Å². The Labute approximate surface area is 107 Å². The Morgan fingerprint density at radius 2 is 2.06 bits per heavy atom. The van der Waals surface area contributed by atoms with Crippen molar-refractivity contribution in [2.24, 2.45) is 11.8 Å². The number of hydrogen-bond acceptors (Lipinski definition) is 3. The van der Waals surface area contributed by atoms with Crippen molar-refractivity contribution in [3.63, 3.8) is 0 Å². The molecule has 0 aliphatic carbocycles. The van der Waals surface area contributed by atoms with E-state index in [1.165, 1.54) is 6.07 Å². The number of halogens is 1. The van der Waals surface area contributed by atoms with Crippen molar-refractivity contribution in [2.75, 3.05) is 26.3 Å². The number of aliphatic hydroxyl groups excluding tert-OH is 1. The minimum Gasteiger partial charge on any atom is -0.490 e. The Kier molecular flexibility index (Phi) is 4.96. The summed E-state index contributed by atoms with van der Waals surface area (Å²) in [6, 6.07) is 6.38. The average Bonchev–Trinajstić information content (AvgIpc) is 2.42. The van der Waals surface area contributed by atoms with E-state index >= 15 is 0 Å². The summed E-state index contributed by atoms with van der Waals surface area (Å²) < 4.78 is 18.9. The number of ether oxygens (including phenoxy) is 1. The fourth-order valence-electron chi connectivity index (χ4n) is 2.41. The van der Waals surface area contributed by atoms with Crippen LogP contribution in [0.1, 0.15) is 12.8 Å². The normalized spacial score (nSPS) is 18.6. The van der Waals surface area contributed by atoms with Gasteiger partial charge in [-0.2, -0.15) is 0 Å². The first-order valence-corrected chi connectivity index (χ1v) is 6.50. The monoisotopic (exact) mass is 253 g/mol. The van der Waals surface area contributed by atoms with Gasteiger partial charge in [0.25, 0.3) is 0 Å². The molecule has 0 saturated carbocycles. The third-order valence-corrected chi connectivity index (χ3v) is 3.57. The summed E-state index contributed by atoms with van der Waals surface area (Å²) in [5, 5.41) is 12.7. The van der Waals surface area contributed by atoms with Crippen LogP contribution in [0.25, 0.3) is 0 Å². The lowest BCUT2D eigenvalue weighted by Crippen LogP contribution is -2.35. The van der Waals surface area contributed by atoms with Gasteiger partial charge in [0.1, 0.15) is 0 Å². The molecule has 0 amide bonds. The molecule has 1 aromatic rings. The first-order chi connectivity index (χ1) is 8.81. The van der Waals surface area contributed by atoms with Crippen LogP contribution in [-0.2, 0) is 0 Å². The molecule has 18 heavy (non-hydrogen) atoms. The highest BCUT2D eigenvalue weighted by Crippen LogP contribution is 2.24. The van der Waals surface area contributed by atoms with Crippen LogP contribution in [0, 0.1) is 17.7 Å². The first-order valence-electron chi connectivity index (χ1n) is 6.50. The highest BCUT2D eigenvalue weighted by atomic mass is 19.1. The van der Waals surface area contributed by atoms with E-state index in [0.29, 0.717) is 12.5 Å². The van der Waals surface area contributed by atoms with Gasteiger partial charge in [0.05, 0.1) is 6.61 Å². The molecule has 0 radical (unpaired) electrons. The molecule has 1 atom stereocenters. The number of aliphatic hydroxyl groups is 1. The molecule has 1 unspecified atom stereocenters. The lowest BCUT2D eigenvalue weighted by Gasteiger charge is -2.29. The third kappa shape index (κ3) is 3.43. The highest BCUT2D eigenvalue weighted by molar-refractivity contribution is 5.23. The molecule has 4 heteroatoms. The van der Waals surface area contributed by atoms with Crippen molar-refractivity contribution in [1.82, 2.24) is 5.32 Å². The molecule has 1 saturated heterocycles. The number of benzene rings is 1. The molecular weight excluding hydrogens is 233 g/mol. The maximum atomic E-state index is 13.4. The largest absolute Gasteiger partial charge is 0.490 e. The van der Waals surface area contributed by atoms with Crippen LogP contribution in [0.3, 0.4) is 0 Å². The Hall–Kier alpha value is -1.13. The molecular formula is C14H20FNO2. The Bertz CT molecular complexity index is 367. The molecule has 1 fully saturated rings. The van der Waals surface area contributed by atoms with Gasteiger partial charge in [-0.25, -0.2) is 4.39 Å². The van der Waals surface area contributed by atoms with Gasteiger partial charge < -0.3 is 15.2 Å². The van der Waals surface area contributed by atoms with Crippen LogP contribution >= 0.6 is 0 Å². The Morgan fingerprint density at radius 3 is 2.72 bits per heavy atom. The van der Waals surface area contributed by atoms with Gasteiger partial charge in [0.15, 0.2) is 11.6 Å². The van der Waals surface area contributed by atoms with E-state index < -0.39 is 0 Å². The molecule has 1 aliphatic heterocycles. The van der Waals surface area contributed by atoms with Crippen LogP contribution in [0.5, 0.6) is 5.75 Å². The van der Waals surface area contributed by atoms with Gasteiger partial charge in [-0.05, 0) is 44.0 Å². The van der Waals surface area contributed by atoms with Crippen molar-refractivity contribution in [3.05, 3.63) is 30.1 Å². The number of rotatable bonds is 5. The van der Waals surface area contributed by atoms with E-state index in [2.05, 4.69) is 5.32 Å². The Balaban J connectivity index is 1.88.